The third kappa shape index (κ3) is 3.56. The highest BCUT2D eigenvalue weighted by Crippen LogP contribution is 2.32. The lowest BCUT2D eigenvalue weighted by atomic mass is 9.98. The molecule has 0 saturated carbocycles. The molecule has 5 heterocycles. The van der Waals surface area contributed by atoms with Crippen molar-refractivity contribution in [3.05, 3.63) is 107 Å². The van der Waals surface area contributed by atoms with E-state index in [-0.39, 0.29) is 0 Å². The molecule has 4 nitrogen and oxygen atoms in total. The zero-order valence-electron chi connectivity index (χ0n) is 17.8. The van der Waals surface area contributed by atoms with Crippen LogP contribution in [0, 0.1) is 0 Å². The monoisotopic (exact) mass is 414 g/mol. The minimum absolute atomic E-state index is 0.845. The average molecular weight is 415 g/mol. The number of aromatic nitrogens is 4. The Morgan fingerprint density at radius 1 is 0.625 bits per heavy atom. The summed E-state index contributed by atoms with van der Waals surface area (Å²) in [5.41, 5.74) is 11.7. The maximum atomic E-state index is 5.02. The van der Waals surface area contributed by atoms with Crippen molar-refractivity contribution < 1.29 is 0 Å². The van der Waals surface area contributed by atoms with Crippen molar-refractivity contribution in [1.29, 1.82) is 0 Å². The molecule has 0 atom stereocenters. The lowest BCUT2D eigenvalue weighted by Crippen LogP contribution is -1.89. The second-order valence-electron chi connectivity index (χ2n) is 8.26. The molecule has 2 N–H and O–H groups in total. The summed E-state index contributed by atoms with van der Waals surface area (Å²) in [5, 5.41) is 0. The van der Waals surface area contributed by atoms with Crippen molar-refractivity contribution >= 4 is 45.4 Å². The quantitative estimate of drug-likeness (QED) is 0.339. The second-order valence-corrected chi connectivity index (χ2v) is 8.26. The van der Waals surface area contributed by atoms with Gasteiger partial charge in [-0.2, -0.15) is 0 Å². The number of nitrogens with zero attached hydrogens (tertiary/aromatic N) is 2. The Morgan fingerprint density at radius 2 is 1.25 bits per heavy atom. The number of nitrogens with one attached hydrogen (secondary N) is 2. The molecule has 6 rings (SSSR count). The van der Waals surface area contributed by atoms with Gasteiger partial charge in [0.1, 0.15) is 0 Å². The lowest BCUT2D eigenvalue weighted by molar-refractivity contribution is 1.24. The maximum Gasteiger partial charge on any atom is 0.0696 e. The first-order valence-electron chi connectivity index (χ1n) is 10.8. The Morgan fingerprint density at radius 3 is 1.97 bits per heavy atom. The summed E-state index contributed by atoms with van der Waals surface area (Å²) in [5.74, 6) is 0. The first-order valence-corrected chi connectivity index (χ1v) is 10.8. The number of H-pyrrole nitrogens is 2. The lowest BCUT2D eigenvalue weighted by Gasteiger charge is -2.05. The summed E-state index contributed by atoms with van der Waals surface area (Å²) in [4.78, 5) is 16.7. The van der Waals surface area contributed by atoms with Crippen LogP contribution in [0.15, 0.2) is 78.9 Å². The van der Waals surface area contributed by atoms with Gasteiger partial charge >= 0.3 is 0 Å². The van der Waals surface area contributed by atoms with Crippen molar-refractivity contribution in [1.82, 2.24) is 19.9 Å². The Labute approximate surface area is 186 Å². The van der Waals surface area contributed by atoms with Crippen LogP contribution in [0.4, 0.5) is 0 Å². The average Bonchev–Trinajstić information content (AvgIpc) is 3.57. The first-order chi connectivity index (χ1) is 15.7. The van der Waals surface area contributed by atoms with Gasteiger partial charge in [-0.3, -0.25) is 0 Å². The highest BCUT2D eigenvalue weighted by atomic mass is 14.8. The molecule has 154 valence electrons. The number of hydrogen-bond acceptors (Lipinski definition) is 2. The summed E-state index contributed by atoms with van der Waals surface area (Å²) in [6, 6.07) is 27.3. The van der Waals surface area contributed by atoms with E-state index in [0.717, 1.165) is 51.3 Å². The van der Waals surface area contributed by atoms with Crippen LogP contribution in [0.3, 0.4) is 0 Å². The number of allylic oxidation sites excluding steroid dienone is 2. The van der Waals surface area contributed by atoms with Gasteiger partial charge in [0.15, 0.2) is 0 Å². The van der Waals surface area contributed by atoms with Crippen molar-refractivity contribution in [3.63, 3.8) is 0 Å². The van der Waals surface area contributed by atoms with Crippen molar-refractivity contribution in [3.8, 4) is 0 Å². The molecule has 2 aliphatic heterocycles. The van der Waals surface area contributed by atoms with E-state index in [2.05, 4.69) is 95.8 Å². The Hall–Kier alpha value is -4.18. The highest BCUT2D eigenvalue weighted by molar-refractivity contribution is 5.93. The largest absolute Gasteiger partial charge is 0.355 e. The molecule has 0 fully saturated rings. The minimum Gasteiger partial charge on any atom is -0.355 e. The van der Waals surface area contributed by atoms with Crippen LogP contribution >= 0.6 is 0 Å². The maximum absolute atomic E-state index is 5.02. The van der Waals surface area contributed by atoms with Gasteiger partial charge in [0.05, 0.1) is 22.8 Å². The van der Waals surface area contributed by atoms with Gasteiger partial charge in [-0.1, -0.05) is 30.3 Å². The molecule has 0 spiro atoms. The van der Waals surface area contributed by atoms with Crippen LogP contribution in [-0.4, -0.2) is 19.9 Å². The van der Waals surface area contributed by atoms with Crippen molar-refractivity contribution in [2.45, 2.75) is 13.3 Å². The SMILES string of the molecule is CC1=C(Cc2ccccc2)c2cc3ccc(cc4ccc(cc5nc(cc1n2)C=C5)[nH]4)[nH]3. The fraction of sp³-hybridized carbons (Fsp3) is 0.0714. The van der Waals surface area contributed by atoms with E-state index in [1.165, 1.54) is 16.7 Å². The van der Waals surface area contributed by atoms with Gasteiger partial charge < -0.3 is 9.97 Å². The normalized spacial score (nSPS) is 13.0. The van der Waals surface area contributed by atoms with Crippen LogP contribution in [0.5, 0.6) is 0 Å². The summed E-state index contributed by atoms with van der Waals surface area (Å²) in [6.07, 6.45) is 4.93. The standard InChI is InChI=1S/C28H22N4/c1-18-26(13-19-5-3-2-4-6-19)28-17-25-12-10-23(31-25)15-21-8-7-20(29-21)14-22-9-11-24(30-22)16-27(18)32-28/h2-12,14-17,29,31H,13H2,1H3. The van der Waals surface area contributed by atoms with Gasteiger partial charge in [-0.15, -0.1) is 0 Å². The second kappa shape index (κ2) is 7.50. The molecule has 3 aromatic heterocycles. The first kappa shape index (κ1) is 18.6. The molecule has 0 unspecified atom stereocenters. The molecule has 0 amide bonds. The number of rotatable bonds is 2. The highest BCUT2D eigenvalue weighted by Gasteiger charge is 2.17. The van der Waals surface area contributed by atoms with E-state index < -0.39 is 0 Å². The molecule has 0 saturated heterocycles. The number of aromatic amines is 2. The van der Waals surface area contributed by atoms with Gasteiger partial charge in [0.25, 0.3) is 0 Å². The Balaban J connectivity index is 1.61. The van der Waals surface area contributed by atoms with Crippen LogP contribution in [0.1, 0.15) is 35.3 Å². The Bertz CT molecular complexity index is 1550. The molecular weight excluding hydrogens is 392 g/mol. The summed E-state index contributed by atoms with van der Waals surface area (Å²) in [7, 11) is 0. The molecule has 4 heteroatoms. The fourth-order valence-corrected chi connectivity index (χ4v) is 4.28. The van der Waals surface area contributed by atoms with E-state index >= 15 is 0 Å². The smallest absolute Gasteiger partial charge is 0.0696 e. The molecule has 0 radical (unpaired) electrons. The van der Waals surface area contributed by atoms with E-state index in [9.17, 15) is 0 Å². The summed E-state index contributed by atoms with van der Waals surface area (Å²) < 4.78 is 0. The molecule has 0 aliphatic carbocycles. The summed E-state index contributed by atoms with van der Waals surface area (Å²) in [6.45, 7) is 2.16. The predicted molar refractivity (Wildman–Crippen MR) is 133 cm³/mol. The molecule has 2 aliphatic rings. The van der Waals surface area contributed by atoms with E-state index in [4.69, 9.17) is 9.97 Å². The zero-order chi connectivity index (χ0) is 21.5. The number of benzene rings is 1. The van der Waals surface area contributed by atoms with Crippen molar-refractivity contribution in [2.24, 2.45) is 0 Å². The van der Waals surface area contributed by atoms with Gasteiger partial charge in [-0.05, 0) is 90.7 Å². The van der Waals surface area contributed by atoms with Crippen LogP contribution in [0.25, 0.3) is 45.4 Å². The predicted octanol–water partition coefficient (Wildman–Crippen LogP) is 6.66. The van der Waals surface area contributed by atoms with Crippen LogP contribution < -0.4 is 0 Å². The van der Waals surface area contributed by atoms with E-state index in [1.807, 2.05) is 12.2 Å². The van der Waals surface area contributed by atoms with E-state index in [1.54, 1.807) is 0 Å². The minimum atomic E-state index is 0.845. The number of hydrogen-bond donors (Lipinski definition) is 2. The van der Waals surface area contributed by atoms with E-state index in [0.29, 0.717) is 0 Å². The van der Waals surface area contributed by atoms with Crippen LogP contribution in [-0.2, 0) is 6.42 Å². The van der Waals surface area contributed by atoms with Gasteiger partial charge in [0.2, 0.25) is 0 Å². The molecule has 4 aromatic rings. The van der Waals surface area contributed by atoms with Gasteiger partial charge in [-0.25, -0.2) is 9.97 Å². The molecule has 1 aromatic carbocycles. The molecule has 32 heavy (non-hydrogen) atoms. The topological polar surface area (TPSA) is 57.4 Å². The third-order valence-electron chi connectivity index (χ3n) is 5.95. The summed E-state index contributed by atoms with van der Waals surface area (Å²) >= 11 is 0. The fourth-order valence-electron chi connectivity index (χ4n) is 4.28. The number of fused-ring (bicyclic) bond motifs is 8. The third-order valence-corrected chi connectivity index (χ3v) is 5.95. The van der Waals surface area contributed by atoms with Gasteiger partial charge in [0, 0.05) is 22.1 Å². The van der Waals surface area contributed by atoms with Crippen LogP contribution in [0.2, 0.25) is 0 Å². The van der Waals surface area contributed by atoms with Crippen molar-refractivity contribution in [2.75, 3.05) is 0 Å². The molecular formula is C28H22N4. The molecule has 8 bridgehead atoms. The zero-order valence-corrected chi connectivity index (χ0v) is 17.8. The Kier molecular flexibility index (Phi) is 4.36.